The molecule has 0 fully saturated rings. The maximum absolute atomic E-state index is 11.6. The molecule has 1 amide bonds. The van der Waals surface area contributed by atoms with E-state index in [0.29, 0.717) is 5.56 Å². The number of carbonyl (C=O) groups excluding carboxylic acids is 2. The van der Waals surface area contributed by atoms with E-state index in [4.69, 9.17) is 5.73 Å². The highest BCUT2D eigenvalue weighted by atomic mass is 16.2. The van der Waals surface area contributed by atoms with Gasteiger partial charge in [-0.05, 0) is 49.4 Å². The van der Waals surface area contributed by atoms with Crippen LogP contribution in [0.25, 0.3) is 10.9 Å². The van der Waals surface area contributed by atoms with Gasteiger partial charge in [0.1, 0.15) is 6.29 Å². The Kier molecular flexibility index (Phi) is 2.44. The van der Waals surface area contributed by atoms with Crippen LogP contribution in [-0.2, 0) is 12.8 Å². The van der Waals surface area contributed by atoms with Gasteiger partial charge in [-0.15, -0.1) is 0 Å². The molecular formula is C14H14N2O2. The number of nitrogens with zero attached hydrogens (tertiary/aromatic N) is 1. The number of primary amides is 1. The first-order valence-corrected chi connectivity index (χ1v) is 6.13. The zero-order valence-corrected chi connectivity index (χ0v) is 9.98. The number of aryl methyl sites for hydroxylation is 1. The molecular weight excluding hydrogens is 228 g/mol. The number of carbonyl (C=O) groups is 2. The lowest BCUT2D eigenvalue weighted by Crippen LogP contribution is -2.22. The number of fused-ring (bicyclic) bond motifs is 3. The second-order valence-corrected chi connectivity index (χ2v) is 4.70. The van der Waals surface area contributed by atoms with Crippen LogP contribution in [0, 0.1) is 0 Å². The van der Waals surface area contributed by atoms with Gasteiger partial charge in [0.15, 0.2) is 0 Å². The van der Waals surface area contributed by atoms with Gasteiger partial charge in [0.05, 0.1) is 5.52 Å². The summed E-state index contributed by atoms with van der Waals surface area (Å²) < 4.78 is 1.60. The summed E-state index contributed by atoms with van der Waals surface area (Å²) in [4.78, 5) is 22.5. The van der Waals surface area contributed by atoms with Crippen molar-refractivity contribution in [2.45, 2.75) is 25.7 Å². The third kappa shape index (κ3) is 1.45. The smallest absolute Gasteiger partial charge is 0.323 e. The van der Waals surface area contributed by atoms with Crippen molar-refractivity contribution in [3.63, 3.8) is 0 Å². The minimum Gasteiger partial charge on any atom is -0.351 e. The molecule has 1 aliphatic rings. The number of aldehydes is 1. The minimum absolute atomic E-state index is 0.443. The fourth-order valence-corrected chi connectivity index (χ4v) is 2.89. The van der Waals surface area contributed by atoms with E-state index in [1.807, 2.05) is 12.1 Å². The highest BCUT2D eigenvalue weighted by Gasteiger charge is 2.22. The molecule has 0 aliphatic heterocycles. The zero-order chi connectivity index (χ0) is 12.7. The molecule has 4 heteroatoms. The van der Waals surface area contributed by atoms with E-state index in [2.05, 4.69) is 0 Å². The molecule has 4 nitrogen and oxygen atoms in total. The summed E-state index contributed by atoms with van der Waals surface area (Å²) in [6.07, 6.45) is 4.86. The number of benzene rings is 1. The topological polar surface area (TPSA) is 65.1 Å². The zero-order valence-electron chi connectivity index (χ0n) is 9.98. The van der Waals surface area contributed by atoms with Crippen LogP contribution in [0.15, 0.2) is 18.2 Å². The Morgan fingerprint density at radius 2 is 2.06 bits per heavy atom. The van der Waals surface area contributed by atoms with E-state index in [0.717, 1.165) is 48.6 Å². The number of rotatable bonds is 1. The Morgan fingerprint density at radius 1 is 1.28 bits per heavy atom. The average molecular weight is 242 g/mol. The van der Waals surface area contributed by atoms with Crippen LogP contribution in [-0.4, -0.2) is 16.9 Å². The Labute approximate surface area is 104 Å². The SMILES string of the molecule is NC(=O)n1c2c(c3cc(C=O)ccc31)CCCC2. The third-order valence-electron chi connectivity index (χ3n) is 3.65. The Hall–Kier alpha value is -2.10. The monoisotopic (exact) mass is 242 g/mol. The summed E-state index contributed by atoms with van der Waals surface area (Å²) in [6, 6.07) is 4.94. The standard InChI is InChI=1S/C14H14N2O2/c15-14(18)16-12-4-2-1-3-10(12)11-7-9(8-17)5-6-13(11)16/h5-8H,1-4H2,(H2,15,18). The molecule has 0 saturated carbocycles. The lowest BCUT2D eigenvalue weighted by Gasteiger charge is -2.13. The van der Waals surface area contributed by atoms with Gasteiger partial charge in [0.2, 0.25) is 0 Å². The molecule has 0 radical (unpaired) electrons. The van der Waals surface area contributed by atoms with Crippen LogP contribution in [0.3, 0.4) is 0 Å². The van der Waals surface area contributed by atoms with Crippen LogP contribution < -0.4 is 5.73 Å². The van der Waals surface area contributed by atoms with Crippen molar-refractivity contribution in [3.05, 3.63) is 35.0 Å². The Balaban J connectivity index is 2.39. The van der Waals surface area contributed by atoms with Crippen molar-refractivity contribution in [3.8, 4) is 0 Å². The van der Waals surface area contributed by atoms with Crippen LogP contribution >= 0.6 is 0 Å². The van der Waals surface area contributed by atoms with Crippen LogP contribution in [0.2, 0.25) is 0 Å². The van der Waals surface area contributed by atoms with Crippen molar-refractivity contribution in [2.75, 3.05) is 0 Å². The van der Waals surface area contributed by atoms with Gasteiger partial charge >= 0.3 is 6.03 Å². The molecule has 0 atom stereocenters. The Bertz CT molecular complexity index is 655. The molecule has 92 valence electrons. The molecule has 18 heavy (non-hydrogen) atoms. The minimum atomic E-state index is -0.443. The van der Waals surface area contributed by atoms with E-state index < -0.39 is 6.03 Å². The Morgan fingerprint density at radius 3 is 2.78 bits per heavy atom. The van der Waals surface area contributed by atoms with Crippen molar-refractivity contribution >= 4 is 23.2 Å². The molecule has 0 unspecified atom stereocenters. The molecule has 2 N–H and O–H groups in total. The second-order valence-electron chi connectivity index (χ2n) is 4.70. The lowest BCUT2D eigenvalue weighted by atomic mass is 9.95. The number of amides is 1. The fourth-order valence-electron chi connectivity index (χ4n) is 2.89. The number of nitrogens with two attached hydrogens (primary N) is 1. The fraction of sp³-hybridized carbons (Fsp3) is 0.286. The van der Waals surface area contributed by atoms with Crippen LogP contribution in [0.1, 0.15) is 34.5 Å². The highest BCUT2D eigenvalue weighted by Crippen LogP contribution is 2.32. The molecule has 0 bridgehead atoms. The van der Waals surface area contributed by atoms with E-state index >= 15 is 0 Å². The van der Waals surface area contributed by atoms with Crippen molar-refractivity contribution in [2.24, 2.45) is 5.73 Å². The quantitative estimate of drug-likeness (QED) is 0.779. The van der Waals surface area contributed by atoms with Gasteiger partial charge in [-0.25, -0.2) is 4.79 Å². The summed E-state index contributed by atoms with van der Waals surface area (Å²) in [5.41, 5.74) is 9.13. The van der Waals surface area contributed by atoms with Crippen molar-refractivity contribution in [1.29, 1.82) is 0 Å². The molecule has 1 heterocycles. The summed E-state index contributed by atoms with van der Waals surface area (Å²) in [5.74, 6) is 0. The molecule has 1 aromatic heterocycles. The molecule has 1 aromatic carbocycles. The molecule has 0 spiro atoms. The average Bonchev–Trinajstić information content (AvgIpc) is 2.72. The maximum Gasteiger partial charge on any atom is 0.323 e. The van der Waals surface area contributed by atoms with Gasteiger partial charge in [-0.2, -0.15) is 0 Å². The third-order valence-corrected chi connectivity index (χ3v) is 3.65. The number of hydrogen-bond donors (Lipinski definition) is 1. The van der Waals surface area contributed by atoms with E-state index in [1.54, 1.807) is 10.6 Å². The van der Waals surface area contributed by atoms with Gasteiger partial charge in [-0.1, -0.05) is 0 Å². The normalized spacial score (nSPS) is 14.4. The molecule has 0 saturated heterocycles. The van der Waals surface area contributed by atoms with Gasteiger partial charge in [0.25, 0.3) is 0 Å². The largest absolute Gasteiger partial charge is 0.351 e. The first-order valence-electron chi connectivity index (χ1n) is 6.13. The molecule has 2 aromatic rings. The first-order chi connectivity index (χ1) is 8.72. The summed E-state index contributed by atoms with van der Waals surface area (Å²) >= 11 is 0. The first kappa shape index (κ1) is 11.0. The van der Waals surface area contributed by atoms with Gasteiger partial charge < -0.3 is 5.73 Å². The molecule has 1 aliphatic carbocycles. The summed E-state index contributed by atoms with van der Waals surface area (Å²) in [6.45, 7) is 0. The van der Waals surface area contributed by atoms with E-state index in [1.165, 1.54) is 5.56 Å². The predicted molar refractivity (Wildman–Crippen MR) is 68.9 cm³/mol. The van der Waals surface area contributed by atoms with E-state index in [-0.39, 0.29) is 0 Å². The van der Waals surface area contributed by atoms with Crippen LogP contribution in [0.5, 0.6) is 0 Å². The lowest BCUT2D eigenvalue weighted by molar-refractivity contribution is 0.112. The van der Waals surface area contributed by atoms with E-state index in [9.17, 15) is 9.59 Å². The number of hydrogen-bond acceptors (Lipinski definition) is 2. The number of aromatic nitrogens is 1. The van der Waals surface area contributed by atoms with Crippen LogP contribution in [0.4, 0.5) is 4.79 Å². The van der Waals surface area contributed by atoms with Gasteiger partial charge in [-0.3, -0.25) is 9.36 Å². The summed E-state index contributed by atoms with van der Waals surface area (Å²) in [5, 5.41) is 0.994. The second kappa shape index (κ2) is 3.98. The van der Waals surface area contributed by atoms with Crippen molar-refractivity contribution in [1.82, 2.24) is 4.57 Å². The molecule has 3 rings (SSSR count). The van der Waals surface area contributed by atoms with Crippen molar-refractivity contribution < 1.29 is 9.59 Å². The summed E-state index contributed by atoms with van der Waals surface area (Å²) in [7, 11) is 0. The highest BCUT2D eigenvalue weighted by molar-refractivity contribution is 5.97. The van der Waals surface area contributed by atoms with Gasteiger partial charge in [0, 0.05) is 16.6 Å². The maximum atomic E-state index is 11.6. The predicted octanol–water partition coefficient (Wildman–Crippen LogP) is 2.26.